The van der Waals surface area contributed by atoms with Crippen LogP contribution in [-0.2, 0) is 16.2 Å². The van der Waals surface area contributed by atoms with Gasteiger partial charge in [-0.15, -0.1) is 0 Å². The number of ether oxygens (including phenoxy) is 2. The molecule has 3 rings (SSSR count). The molecule has 7 nitrogen and oxygen atoms in total. The maximum atomic E-state index is 12.1. The number of carbonyl (C=O) groups is 2. The first-order valence-electron chi connectivity index (χ1n) is 10.8. The van der Waals surface area contributed by atoms with E-state index in [0.717, 1.165) is 15.6 Å². The van der Waals surface area contributed by atoms with Crippen molar-refractivity contribution >= 4 is 55.6 Å². The van der Waals surface area contributed by atoms with Crippen molar-refractivity contribution < 1.29 is 19.1 Å². The van der Waals surface area contributed by atoms with Gasteiger partial charge in [0.25, 0.3) is 0 Å². The van der Waals surface area contributed by atoms with E-state index in [-0.39, 0.29) is 24.7 Å². The van der Waals surface area contributed by atoms with Crippen LogP contribution in [-0.4, -0.2) is 25.1 Å². The maximum Gasteiger partial charge on any atom is 0.240 e. The van der Waals surface area contributed by atoms with Crippen LogP contribution in [0.3, 0.4) is 0 Å². The number of halogens is 2. The van der Waals surface area contributed by atoms with E-state index < -0.39 is 0 Å². The third-order valence-corrected chi connectivity index (χ3v) is 5.98. The minimum Gasteiger partial charge on any atom is -0.493 e. The third-order valence-electron chi connectivity index (χ3n) is 4.87. The molecule has 0 spiro atoms. The van der Waals surface area contributed by atoms with Crippen LogP contribution >= 0.6 is 31.9 Å². The lowest BCUT2D eigenvalue weighted by molar-refractivity contribution is -0.124. The Hall–Kier alpha value is -3.17. The van der Waals surface area contributed by atoms with Gasteiger partial charge in [0.15, 0.2) is 11.5 Å². The fourth-order valence-corrected chi connectivity index (χ4v) is 3.85. The van der Waals surface area contributed by atoms with Crippen molar-refractivity contribution in [3.8, 4) is 11.5 Å². The molecule has 0 aliphatic carbocycles. The summed E-state index contributed by atoms with van der Waals surface area (Å²) in [6.07, 6.45) is 1.57. The van der Waals surface area contributed by atoms with Crippen LogP contribution in [0.4, 0.5) is 5.69 Å². The summed E-state index contributed by atoms with van der Waals surface area (Å²) in [5.41, 5.74) is 5.95. The predicted octanol–water partition coefficient (Wildman–Crippen LogP) is 5.98. The molecule has 0 aromatic heterocycles. The smallest absolute Gasteiger partial charge is 0.240 e. The third kappa shape index (κ3) is 8.52. The summed E-state index contributed by atoms with van der Waals surface area (Å²) in [5.74, 6) is 0.495. The summed E-state index contributed by atoms with van der Waals surface area (Å²) in [7, 11) is 1.55. The molecule has 0 unspecified atom stereocenters. The summed E-state index contributed by atoms with van der Waals surface area (Å²) in [4.78, 5) is 24.1. The summed E-state index contributed by atoms with van der Waals surface area (Å²) in [5, 5.41) is 6.75. The Labute approximate surface area is 221 Å². The number of aryl methyl sites for hydroxylation is 1. The number of nitrogens with zero attached hydrogens (tertiary/aromatic N) is 1. The molecule has 0 bridgehead atoms. The van der Waals surface area contributed by atoms with Gasteiger partial charge in [0.1, 0.15) is 6.61 Å². The molecule has 0 aliphatic heterocycles. The number of hydrogen-bond acceptors (Lipinski definition) is 5. The van der Waals surface area contributed by atoms with Gasteiger partial charge in [-0.2, -0.15) is 5.10 Å². The molecule has 0 saturated carbocycles. The second kappa shape index (κ2) is 13.1. The van der Waals surface area contributed by atoms with Gasteiger partial charge in [0, 0.05) is 23.0 Å². The lowest BCUT2D eigenvalue weighted by atomic mass is 10.2. The molecule has 35 heavy (non-hydrogen) atoms. The van der Waals surface area contributed by atoms with Gasteiger partial charge < -0.3 is 14.8 Å². The fraction of sp³-hybridized carbons (Fsp3) is 0.192. The highest BCUT2D eigenvalue weighted by Crippen LogP contribution is 2.37. The predicted molar refractivity (Wildman–Crippen MR) is 144 cm³/mol. The van der Waals surface area contributed by atoms with Gasteiger partial charge in [-0.1, -0.05) is 45.8 Å². The van der Waals surface area contributed by atoms with Crippen LogP contribution in [0.2, 0.25) is 0 Å². The Morgan fingerprint density at radius 2 is 1.66 bits per heavy atom. The Bertz CT molecular complexity index is 1200. The van der Waals surface area contributed by atoms with Crippen LogP contribution in [0.15, 0.2) is 74.7 Å². The Morgan fingerprint density at radius 3 is 2.34 bits per heavy atom. The first kappa shape index (κ1) is 26.4. The largest absolute Gasteiger partial charge is 0.493 e. The van der Waals surface area contributed by atoms with E-state index in [1.165, 1.54) is 6.21 Å². The van der Waals surface area contributed by atoms with Crippen LogP contribution < -0.4 is 20.2 Å². The van der Waals surface area contributed by atoms with Crippen LogP contribution in [0.5, 0.6) is 11.5 Å². The highest BCUT2D eigenvalue weighted by Gasteiger charge is 2.12. The number of anilines is 1. The lowest BCUT2D eigenvalue weighted by Crippen LogP contribution is -2.20. The zero-order valence-corrected chi connectivity index (χ0v) is 22.5. The zero-order valence-electron chi connectivity index (χ0n) is 19.3. The van der Waals surface area contributed by atoms with Crippen LogP contribution in [0, 0.1) is 6.92 Å². The summed E-state index contributed by atoms with van der Waals surface area (Å²) < 4.78 is 13.1. The molecule has 182 valence electrons. The van der Waals surface area contributed by atoms with Crippen molar-refractivity contribution in [3.63, 3.8) is 0 Å². The molecule has 2 N–H and O–H groups in total. The fourth-order valence-electron chi connectivity index (χ4n) is 3.01. The number of amides is 2. The van der Waals surface area contributed by atoms with E-state index in [1.807, 2.05) is 61.5 Å². The maximum absolute atomic E-state index is 12.1. The van der Waals surface area contributed by atoms with Crippen molar-refractivity contribution in [3.05, 3.63) is 86.3 Å². The van der Waals surface area contributed by atoms with E-state index in [0.29, 0.717) is 33.8 Å². The quantitative estimate of drug-likeness (QED) is 0.221. The van der Waals surface area contributed by atoms with Gasteiger partial charge in [0.05, 0.1) is 17.8 Å². The Morgan fingerprint density at radius 1 is 0.971 bits per heavy atom. The summed E-state index contributed by atoms with van der Waals surface area (Å²) in [6.45, 7) is 2.35. The number of hydrazone groups is 1. The van der Waals surface area contributed by atoms with Crippen LogP contribution in [0.1, 0.15) is 29.5 Å². The van der Waals surface area contributed by atoms with Crippen molar-refractivity contribution in [1.29, 1.82) is 0 Å². The molecule has 2 amide bonds. The minimum absolute atomic E-state index is 0.0187. The molecular weight excluding hydrogens is 578 g/mol. The topological polar surface area (TPSA) is 89.0 Å². The Kier molecular flexibility index (Phi) is 9.86. The average Bonchev–Trinajstić information content (AvgIpc) is 2.84. The van der Waals surface area contributed by atoms with Crippen molar-refractivity contribution in [2.75, 3.05) is 12.4 Å². The van der Waals surface area contributed by atoms with Gasteiger partial charge >= 0.3 is 0 Å². The van der Waals surface area contributed by atoms with E-state index in [2.05, 4.69) is 47.7 Å². The standard InChI is InChI=1S/C26H25Br2N3O4/c1-17-3-9-21(10-4-17)30-24(32)11-12-25(33)31-29-15-19-13-22(28)26(23(14-19)34-2)35-16-18-5-7-20(27)8-6-18/h3-10,13-15H,11-12,16H2,1-2H3,(H,30,32)(H,31,33). The SMILES string of the molecule is COc1cc(C=NNC(=O)CCC(=O)Nc2ccc(C)cc2)cc(Br)c1OCc1ccc(Br)cc1. The van der Waals surface area contributed by atoms with Crippen molar-refractivity contribution in [2.24, 2.45) is 5.10 Å². The molecule has 3 aromatic rings. The first-order chi connectivity index (χ1) is 16.8. The van der Waals surface area contributed by atoms with Gasteiger partial charge in [-0.05, 0) is 70.4 Å². The van der Waals surface area contributed by atoms with Crippen molar-refractivity contribution in [1.82, 2.24) is 5.43 Å². The second-order valence-electron chi connectivity index (χ2n) is 7.66. The monoisotopic (exact) mass is 601 g/mol. The molecule has 0 heterocycles. The summed E-state index contributed by atoms with van der Waals surface area (Å²) in [6, 6.07) is 18.9. The molecule has 0 fully saturated rings. The van der Waals surface area contributed by atoms with E-state index in [4.69, 9.17) is 9.47 Å². The second-order valence-corrected chi connectivity index (χ2v) is 9.43. The van der Waals surface area contributed by atoms with E-state index in [1.54, 1.807) is 13.2 Å². The molecule has 0 atom stereocenters. The number of benzene rings is 3. The van der Waals surface area contributed by atoms with Gasteiger partial charge in [0.2, 0.25) is 11.8 Å². The molecule has 9 heteroatoms. The Balaban J connectivity index is 1.50. The lowest BCUT2D eigenvalue weighted by Gasteiger charge is -2.13. The molecule has 0 aliphatic rings. The summed E-state index contributed by atoms with van der Waals surface area (Å²) >= 11 is 6.93. The van der Waals surface area contributed by atoms with Gasteiger partial charge in [-0.3, -0.25) is 9.59 Å². The number of nitrogens with one attached hydrogen (secondary N) is 2. The molecule has 3 aromatic carbocycles. The van der Waals surface area contributed by atoms with E-state index >= 15 is 0 Å². The first-order valence-corrected chi connectivity index (χ1v) is 12.4. The molecular formula is C26H25Br2N3O4. The van der Waals surface area contributed by atoms with Gasteiger partial charge in [-0.25, -0.2) is 5.43 Å². The zero-order chi connectivity index (χ0) is 25.2. The van der Waals surface area contributed by atoms with Crippen LogP contribution in [0.25, 0.3) is 0 Å². The average molecular weight is 603 g/mol. The normalized spacial score (nSPS) is 10.7. The number of carbonyl (C=O) groups excluding carboxylic acids is 2. The van der Waals surface area contributed by atoms with Crippen molar-refractivity contribution in [2.45, 2.75) is 26.4 Å². The number of methoxy groups -OCH3 is 1. The highest BCUT2D eigenvalue weighted by atomic mass is 79.9. The highest BCUT2D eigenvalue weighted by molar-refractivity contribution is 9.10. The minimum atomic E-state index is -0.360. The van der Waals surface area contributed by atoms with E-state index in [9.17, 15) is 9.59 Å². The number of rotatable bonds is 10. The number of hydrogen-bond donors (Lipinski definition) is 2. The molecule has 0 radical (unpaired) electrons. The molecule has 0 saturated heterocycles.